The van der Waals surface area contributed by atoms with E-state index in [1.54, 1.807) is 5.01 Å². The Morgan fingerprint density at radius 3 is 2.83 bits per heavy atom. The van der Waals surface area contributed by atoms with E-state index >= 15 is 0 Å². The smallest absolute Gasteiger partial charge is 0.118 e. The first-order valence-corrected chi connectivity index (χ1v) is 1.80. The Morgan fingerprint density at radius 2 is 2.67 bits per heavy atom. The molecular formula is C4H5N2. The van der Waals surface area contributed by atoms with Crippen molar-refractivity contribution in [3.63, 3.8) is 0 Å². The third kappa shape index (κ3) is 0.506. The summed E-state index contributed by atoms with van der Waals surface area (Å²) in [5.74, 6) is 0. The quantitative estimate of drug-likeness (QED) is 0.407. The highest BCUT2D eigenvalue weighted by Gasteiger charge is 1.97. The van der Waals surface area contributed by atoms with E-state index in [0.29, 0.717) is 0 Å². The first-order valence-electron chi connectivity index (χ1n) is 1.80. The van der Waals surface area contributed by atoms with Crippen LogP contribution in [-0.4, -0.2) is 18.3 Å². The van der Waals surface area contributed by atoms with Crippen LogP contribution in [0.25, 0.3) is 0 Å². The largest absolute Gasteiger partial charge is 0.288 e. The summed E-state index contributed by atoms with van der Waals surface area (Å²) in [6.07, 6.45) is 3.46. The Balaban J connectivity index is 2.38. The van der Waals surface area contributed by atoms with Crippen molar-refractivity contribution in [1.29, 1.82) is 0 Å². The first kappa shape index (κ1) is 3.65. The average Bonchev–Trinajstić information content (AvgIpc) is 1.86. The fourth-order valence-corrected chi connectivity index (χ4v) is 0.327. The molecule has 0 atom stereocenters. The Bertz CT molecular complexity index is 67.9. The van der Waals surface area contributed by atoms with Crippen LogP contribution in [-0.2, 0) is 0 Å². The summed E-state index contributed by atoms with van der Waals surface area (Å²) in [6.45, 7) is 2.88. The minimum atomic E-state index is 0.747. The zero-order valence-electron chi connectivity index (χ0n) is 3.60. The SMILES string of the molecule is CN1[C]C[C]=N1. The second-order valence-electron chi connectivity index (χ2n) is 1.12. The second-order valence-corrected chi connectivity index (χ2v) is 1.12. The molecule has 0 saturated heterocycles. The van der Waals surface area contributed by atoms with E-state index < -0.39 is 0 Å². The molecule has 2 nitrogen and oxygen atoms in total. The van der Waals surface area contributed by atoms with Crippen LogP contribution in [0, 0.1) is 6.54 Å². The molecule has 0 aromatic carbocycles. The van der Waals surface area contributed by atoms with Crippen molar-refractivity contribution in [3.05, 3.63) is 6.54 Å². The third-order valence-electron chi connectivity index (χ3n) is 0.608. The van der Waals surface area contributed by atoms with E-state index in [2.05, 4.69) is 17.9 Å². The van der Waals surface area contributed by atoms with Gasteiger partial charge in [0.05, 0.1) is 6.21 Å². The van der Waals surface area contributed by atoms with Gasteiger partial charge in [0.15, 0.2) is 0 Å². The Hall–Kier alpha value is -0.530. The van der Waals surface area contributed by atoms with E-state index in [9.17, 15) is 0 Å². The van der Waals surface area contributed by atoms with Gasteiger partial charge in [0.25, 0.3) is 0 Å². The van der Waals surface area contributed by atoms with Gasteiger partial charge in [-0.15, -0.1) is 0 Å². The van der Waals surface area contributed by atoms with E-state index in [4.69, 9.17) is 0 Å². The Labute approximate surface area is 37.5 Å². The van der Waals surface area contributed by atoms with Crippen molar-refractivity contribution in [2.75, 3.05) is 7.05 Å². The summed E-state index contributed by atoms with van der Waals surface area (Å²) < 4.78 is 0. The van der Waals surface area contributed by atoms with Gasteiger partial charge in [0, 0.05) is 13.5 Å². The van der Waals surface area contributed by atoms with Gasteiger partial charge < -0.3 is 0 Å². The number of hydrazone groups is 1. The minimum Gasteiger partial charge on any atom is -0.288 e. The topological polar surface area (TPSA) is 15.6 Å². The van der Waals surface area contributed by atoms with Crippen LogP contribution in [0.15, 0.2) is 5.10 Å². The molecule has 0 aliphatic carbocycles. The lowest BCUT2D eigenvalue weighted by molar-refractivity contribution is 0.457. The molecule has 1 aliphatic heterocycles. The van der Waals surface area contributed by atoms with Gasteiger partial charge in [-0.1, -0.05) is 0 Å². The average molecular weight is 81.1 g/mol. The molecule has 2 heteroatoms. The molecule has 0 saturated carbocycles. The molecule has 0 amide bonds. The summed E-state index contributed by atoms with van der Waals surface area (Å²) in [6, 6.07) is 0. The summed E-state index contributed by atoms with van der Waals surface area (Å²) in [7, 11) is 1.83. The molecule has 0 aromatic rings. The highest BCUT2D eigenvalue weighted by Crippen LogP contribution is 1.98. The van der Waals surface area contributed by atoms with Crippen molar-refractivity contribution in [2.45, 2.75) is 6.42 Å². The van der Waals surface area contributed by atoms with E-state index in [0.717, 1.165) is 6.42 Å². The van der Waals surface area contributed by atoms with Crippen molar-refractivity contribution >= 4 is 6.21 Å². The van der Waals surface area contributed by atoms with Gasteiger partial charge in [-0.25, -0.2) is 0 Å². The summed E-state index contributed by atoms with van der Waals surface area (Å²) in [5, 5.41) is 5.33. The monoisotopic (exact) mass is 81.0 g/mol. The number of nitrogens with zero attached hydrogens (tertiary/aromatic N) is 2. The molecule has 0 aromatic heterocycles. The molecule has 0 bridgehead atoms. The molecule has 0 spiro atoms. The zero-order chi connectivity index (χ0) is 4.41. The van der Waals surface area contributed by atoms with Crippen LogP contribution in [0.1, 0.15) is 6.42 Å². The van der Waals surface area contributed by atoms with Crippen LogP contribution in [0.5, 0.6) is 0 Å². The molecule has 0 unspecified atom stereocenters. The lowest BCUT2D eigenvalue weighted by Crippen LogP contribution is -1.98. The predicted molar refractivity (Wildman–Crippen MR) is 23.1 cm³/mol. The first-order chi connectivity index (χ1) is 2.89. The van der Waals surface area contributed by atoms with Crippen molar-refractivity contribution in [1.82, 2.24) is 5.01 Å². The molecule has 3 radical (unpaired) electrons. The van der Waals surface area contributed by atoms with Crippen LogP contribution < -0.4 is 0 Å². The van der Waals surface area contributed by atoms with Crippen LogP contribution in [0.3, 0.4) is 0 Å². The lowest BCUT2D eigenvalue weighted by atomic mass is 10.5. The molecule has 1 aliphatic rings. The van der Waals surface area contributed by atoms with Gasteiger partial charge in [0.2, 0.25) is 0 Å². The minimum absolute atomic E-state index is 0.747. The second kappa shape index (κ2) is 1.29. The normalized spacial score (nSPS) is 19.8. The van der Waals surface area contributed by atoms with Crippen molar-refractivity contribution < 1.29 is 0 Å². The van der Waals surface area contributed by atoms with Crippen LogP contribution >= 0.6 is 0 Å². The third-order valence-corrected chi connectivity index (χ3v) is 0.608. The molecule has 1 rings (SSSR count). The predicted octanol–water partition coefficient (Wildman–Crippen LogP) is 0.223. The number of hydrogen-bond donors (Lipinski definition) is 0. The maximum atomic E-state index is 3.71. The van der Waals surface area contributed by atoms with Crippen molar-refractivity contribution in [2.24, 2.45) is 5.10 Å². The molecule has 31 valence electrons. The Morgan fingerprint density at radius 1 is 1.83 bits per heavy atom. The fourth-order valence-electron chi connectivity index (χ4n) is 0.327. The summed E-state index contributed by atoms with van der Waals surface area (Å²) in [5.41, 5.74) is 0. The molecule has 1 heterocycles. The van der Waals surface area contributed by atoms with Gasteiger partial charge >= 0.3 is 0 Å². The fraction of sp³-hybridized carbons (Fsp3) is 0.500. The van der Waals surface area contributed by atoms with E-state index in [1.807, 2.05) is 7.05 Å². The lowest BCUT2D eigenvalue weighted by Gasteiger charge is -1.98. The van der Waals surface area contributed by atoms with Crippen LogP contribution in [0.4, 0.5) is 0 Å². The highest BCUT2D eigenvalue weighted by molar-refractivity contribution is 5.60. The van der Waals surface area contributed by atoms with Gasteiger partial charge in [0.1, 0.15) is 6.54 Å². The Kier molecular flexibility index (Phi) is 0.783. The van der Waals surface area contributed by atoms with Gasteiger partial charge in [-0.2, -0.15) is 5.10 Å². The summed E-state index contributed by atoms with van der Waals surface area (Å²) in [4.78, 5) is 0. The zero-order valence-corrected chi connectivity index (χ0v) is 3.60. The molecule has 0 fully saturated rings. The molecule has 0 N–H and O–H groups in total. The maximum Gasteiger partial charge on any atom is 0.118 e. The molecular weight excluding hydrogens is 76.1 g/mol. The standard InChI is InChI=1S/C4H5N2/c1-6-4-2-3-5-6/h2H2,1H3. The number of rotatable bonds is 0. The maximum absolute atomic E-state index is 3.71. The van der Waals surface area contributed by atoms with Crippen molar-refractivity contribution in [3.8, 4) is 0 Å². The summed E-state index contributed by atoms with van der Waals surface area (Å²) >= 11 is 0. The molecule has 6 heavy (non-hydrogen) atoms. The van der Waals surface area contributed by atoms with Crippen LogP contribution in [0.2, 0.25) is 0 Å². The van der Waals surface area contributed by atoms with E-state index in [1.165, 1.54) is 0 Å². The van der Waals surface area contributed by atoms with Gasteiger partial charge in [-0.05, 0) is 0 Å². The highest BCUT2D eigenvalue weighted by atomic mass is 15.4. The van der Waals surface area contributed by atoms with E-state index in [-0.39, 0.29) is 0 Å². The van der Waals surface area contributed by atoms with Gasteiger partial charge in [-0.3, -0.25) is 5.01 Å². The number of hydrogen-bond acceptors (Lipinski definition) is 2.